The highest BCUT2D eigenvalue weighted by Gasteiger charge is 2.28. The van der Waals surface area contributed by atoms with E-state index in [1.54, 1.807) is 4.90 Å². The summed E-state index contributed by atoms with van der Waals surface area (Å²) in [7, 11) is 1.85. The number of hydrogen-bond donors (Lipinski definition) is 0. The van der Waals surface area contributed by atoms with Gasteiger partial charge in [0.15, 0.2) is 6.29 Å². The second-order valence-electron chi connectivity index (χ2n) is 4.33. The lowest BCUT2D eigenvalue weighted by Crippen LogP contribution is -2.35. The van der Waals surface area contributed by atoms with Crippen LogP contribution in [0.5, 0.6) is 0 Å². The van der Waals surface area contributed by atoms with Gasteiger partial charge in [0.2, 0.25) is 5.91 Å². The van der Waals surface area contributed by atoms with Crippen molar-refractivity contribution in [2.24, 2.45) is 0 Å². The van der Waals surface area contributed by atoms with Gasteiger partial charge in [0.1, 0.15) is 0 Å². The maximum absolute atomic E-state index is 11.3. The van der Waals surface area contributed by atoms with Crippen LogP contribution in [0.2, 0.25) is 0 Å². The van der Waals surface area contributed by atoms with Gasteiger partial charge in [-0.1, -0.05) is 0 Å². The van der Waals surface area contributed by atoms with E-state index in [4.69, 9.17) is 9.47 Å². The maximum atomic E-state index is 11.3. The number of carbonyl (C=O) groups excluding carboxylic acids is 1. The van der Waals surface area contributed by atoms with E-state index >= 15 is 0 Å². The van der Waals surface area contributed by atoms with Gasteiger partial charge < -0.3 is 14.4 Å². The van der Waals surface area contributed by atoms with Gasteiger partial charge in [-0.05, 0) is 25.7 Å². The van der Waals surface area contributed by atoms with Gasteiger partial charge in [-0.15, -0.1) is 0 Å². The van der Waals surface area contributed by atoms with Gasteiger partial charge in [-0.25, -0.2) is 0 Å². The summed E-state index contributed by atoms with van der Waals surface area (Å²) < 4.78 is 11.1. The lowest BCUT2D eigenvalue weighted by molar-refractivity contribution is -0.169. The fourth-order valence-electron chi connectivity index (χ4n) is 2.12. The molecule has 0 aromatic rings. The van der Waals surface area contributed by atoms with Crippen LogP contribution in [0.3, 0.4) is 0 Å². The van der Waals surface area contributed by atoms with Crippen LogP contribution in [0.25, 0.3) is 0 Å². The molecule has 1 amide bonds. The average molecular weight is 213 g/mol. The predicted octanol–water partition coefficient (Wildman–Crippen LogP) is 1.15. The monoisotopic (exact) mass is 213 g/mol. The standard InChI is InChI=1S/C11H19NO3/c1-12-9(5-6-10(12)13)8-15-11-4-2-3-7-14-11/h9,11H,2-8H2,1H3/t9?,11-/m0/s1. The molecule has 2 rings (SSSR count). The Morgan fingerprint density at radius 1 is 1.47 bits per heavy atom. The summed E-state index contributed by atoms with van der Waals surface area (Å²) in [6.45, 7) is 1.43. The first-order chi connectivity index (χ1) is 7.27. The normalized spacial score (nSPS) is 32.3. The van der Waals surface area contributed by atoms with E-state index in [-0.39, 0.29) is 18.2 Å². The van der Waals surface area contributed by atoms with Crippen LogP contribution in [0.15, 0.2) is 0 Å². The fourth-order valence-corrected chi connectivity index (χ4v) is 2.12. The largest absolute Gasteiger partial charge is 0.353 e. The Bertz CT molecular complexity index is 226. The molecule has 0 aromatic heterocycles. The van der Waals surface area contributed by atoms with Crippen molar-refractivity contribution in [2.45, 2.75) is 44.4 Å². The van der Waals surface area contributed by atoms with Crippen LogP contribution in [0, 0.1) is 0 Å². The van der Waals surface area contributed by atoms with Gasteiger partial charge >= 0.3 is 0 Å². The van der Waals surface area contributed by atoms with Gasteiger partial charge in [0.05, 0.1) is 12.6 Å². The van der Waals surface area contributed by atoms with Crippen LogP contribution < -0.4 is 0 Å². The van der Waals surface area contributed by atoms with Crippen LogP contribution in [-0.2, 0) is 14.3 Å². The molecule has 86 valence electrons. The van der Waals surface area contributed by atoms with Crippen LogP contribution in [-0.4, -0.2) is 43.4 Å². The molecule has 4 heteroatoms. The number of amides is 1. The average Bonchev–Trinajstić information content (AvgIpc) is 2.59. The third kappa shape index (κ3) is 2.69. The third-order valence-electron chi connectivity index (χ3n) is 3.24. The first kappa shape index (κ1) is 10.9. The van der Waals surface area contributed by atoms with Gasteiger partial charge in [-0.3, -0.25) is 4.79 Å². The van der Waals surface area contributed by atoms with Crippen molar-refractivity contribution in [2.75, 3.05) is 20.3 Å². The molecule has 2 saturated heterocycles. The molecule has 0 bridgehead atoms. The Kier molecular flexibility index (Phi) is 3.59. The zero-order valence-corrected chi connectivity index (χ0v) is 9.28. The van der Waals surface area contributed by atoms with E-state index in [1.807, 2.05) is 7.05 Å². The highest BCUT2D eigenvalue weighted by molar-refractivity contribution is 5.78. The SMILES string of the molecule is CN1C(=O)CCC1CO[C@H]1CCCCO1. The van der Waals surface area contributed by atoms with Crippen LogP contribution in [0.1, 0.15) is 32.1 Å². The minimum absolute atomic E-state index is 0.0390. The molecule has 2 atom stereocenters. The summed E-state index contributed by atoms with van der Waals surface area (Å²) in [6, 6.07) is 0.253. The minimum atomic E-state index is -0.0390. The Morgan fingerprint density at radius 2 is 2.33 bits per heavy atom. The molecule has 0 N–H and O–H groups in total. The lowest BCUT2D eigenvalue weighted by atomic mass is 10.2. The van der Waals surface area contributed by atoms with E-state index in [1.165, 1.54) is 6.42 Å². The molecule has 4 nitrogen and oxygen atoms in total. The molecule has 0 aliphatic carbocycles. The van der Waals surface area contributed by atoms with Crippen molar-refractivity contribution in [3.05, 3.63) is 0 Å². The number of rotatable bonds is 3. The van der Waals surface area contributed by atoms with E-state index in [2.05, 4.69) is 0 Å². The molecule has 2 aliphatic rings. The summed E-state index contributed by atoms with van der Waals surface area (Å²) in [6.07, 6.45) is 4.86. The highest BCUT2D eigenvalue weighted by atomic mass is 16.7. The molecule has 2 aliphatic heterocycles. The van der Waals surface area contributed by atoms with Crippen molar-refractivity contribution in [3.63, 3.8) is 0 Å². The smallest absolute Gasteiger partial charge is 0.222 e. The van der Waals surface area contributed by atoms with E-state index < -0.39 is 0 Å². The van der Waals surface area contributed by atoms with Crippen molar-refractivity contribution < 1.29 is 14.3 Å². The van der Waals surface area contributed by atoms with Crippen molar-refractivity contribution >= 4 is 5.91 Å². The van der Waals surface area contributed by atoms with Gasteiger partial charge in [-0.2, -0.15) is 0 Å². The van der Waals surface area contributed by atoms with Crippen LogP contribution in [0.4, 0.5) is 0 Å². The Hall–Kier alpha value is -0.610. The molecular formula is C11H19NO3. The minimum Gasteiger partial charge on any atom is -0.353 e. The zero-order valence-electron chi connectivity index (χ0n) is 9.28. The lowest BCUT2D eigenvalue weighted by Gasteiger charge is -2.26. The number of hydrogen-bond acceptors (Lipinski definition) is 3. The second kappa shape index (κ2) is 4.94. The highest BCUT2D eigenvalue weighted by Crippen LogP contribution is 2.19. The number of likely N-dealkylation sites (N-methyl/N-ethyl adjacent to an activating group) is 1. The molecule has 0 radical (unpaired) electrons. The second-order valence-corrected chi connectivity index (χ2v) is 4.33. The first-order valence-electron chi connectivity index (χ1n) is 5.76. The molecular weight excluding hydrogens is 194 g/mol. The Balaban J connectivity index is 1.71. The van der Waals surface area contributed by atoms with E-state index in [0.29, 0.717) is 13.0 Å². The van der Waals surface area contributed by atoms with Crippen LogP contribution >= 0.6 is 0 Å². The van der Waals surface area contributed by atoms with E-state index in [0.717, 1.165) is 25.9 Å². The molecule has 0 spiro atoms. The van der Waals surface area contributed by atoms with E-state index in [9.17, 15) is 4.79 Å². The molecule has 2 heterocycles. The summed E-state index contributed by atoms with van der Waals surface area (Å²) in [5.41, 5.74) is 0. The molecule has 1 unspecified atom stereocenters. The summed E-state index contributed by atoms with van der Waals surface area (Å²) in [5.74, 6) is 0.230. The quantitative estimate of drug-likeness (QED) is 0.706. The first-order valence-corrected chi connectivity index (χ1v) is 5.76. The summed E-state index contributed by atoms with van der Waals surface area (Å²) in [5, 5.41) is 0. The van der Waals surface area contributed by atoms with Gasteiger partial charge in [0.25, 0.3) is 0 Å². The Labute approximate surface area is 90.5 Å². The van der Waals surface area contributed by atoms with Crippen molar-refractivity contribution in [1.29, 1.82) is 0 Å². The third-order valence-corrected chi connectivity index (χ3v) is 3.24. The van der Waals surface area contributed by atoms with Crippen molar-refractivity contribution in [1.82, 2.24) is 4.90 Å². The fraction of sp³-hybridized carbons (Fsp3) is 0.909. The Morgan fingerprint density at radius 3 is 2.93 bits per heavy atom. The zero-order chi connectivity index (χ0) is 10.7. The number of likely N-dealkylation sites (tertiary alicyclic amines) is 1. The topological polar surface area (TPSA) is 38.8 Å². The van der Waals surface area contributed by atoms with Gasteiger partial charge in [0, 0.05) is 20.1 Å². The predicted molar refractivity (Wildman–Crippen MR) is 55.3 cm³/mol. The molecule has 15 heavy (non-hydrogen) atoms. The number of carbonyl (C=O) groups is 1. The summed E-state index contributed by atoms with van der Waals surface area (Å²) in [4.78, 5) is 13.1. The summed E-state index contributed by atoms with van der Waals surface area (Å²) >= 11 is 0. The number of ether oxygens (including phenoxy) is 2. The molecule has 0 saturated carbocycles. The maximum Gasteiger partial charge on any atom is 0.222 e. The number of nitrogens with zero attached hydrogens (tertiary/aromatic N) is 1. The van der Waals surface area contributed by atoms with Crippen molar-refractivity contribution in [3.8, 4) is 0 Å². The molecule has 2 fully saturated rings. The molecule has 0 aromatic carbocycles.